The van der Waals surface area contributed by atoms with Crippen molar-refractivity contribution in [1.82, 2.24) is 19.7 Å². The highest BCUT2D eigenvalue weighted by Gasteiger charge is 2.34. The Labute approximate surface area is 187 Å². The van der Waals surface area contributed by atoms with Crippen LogP contribution in [0.4, 0.5) is 4.79 Å². The molecule has 2 heterocycles. The van der Waals surface area contributed by atoms with Gasteiger partial charge < -0.3 is 19.7 Å². The monoisotopic (exact) mass is 450 g/mol. The van der Waals surface area contributed by atoms with Crippen molar-refractivity contribution in [2.24, 2.45) is 0 Å². The number of carbonyl (C=O) groups excluding carboxylic acids is 2. The average molecular weight is 451 g/mol. The highest BCUT2D eigenvalue weighted by atomic mass is 35.5. The van der Waals surface area contributed by atoms with E-state index >= 15 is 0 Å². The van der Waals surface area contributed by atoms with Crippen molar-refractivity contribution in [2.45, 2.75) is 45.8 Å². The molecule has 0 unspecified atom stereocenters. The molecule has 1 aliphatic heterocycles. The molecule has 1 aromatic carbocycles. The van der Waals surface area contributed by atoms with Crippen LogP contribution in [-0.2, 0) is 11.3 Å². The van der Waals surface area contributed by atoms with E-state index in [-0.39, 0.29) is 30.6 Å². The van der Waals surface area contributed by atoms with Crippen LogP contribution in [0.3, 0.4) is 0 Å². The van der Waals surface area contributed by atoms with E-state index in [2.05, 4.69) is 9.88 Å². The number of nitrogens with one attached hydrogen (secondary N) is 1. The molecule has 0 saturated carbocycles. The summed E-state index contributed by atoms with van der Waals surface area (Å²) in [5, 5.41) is 3.80. The van der Waals surface area contributed by atoms with Gasteiger partial charge in [0.2, 0.25) is 5.91 Å². The molecule has 2 aromatic rings. The first-order valence-electron chi connectivity index (χ1n) is 10.3. The van der Waals surface area contributed by atoms with Crippen LogP contribution in [0, 0.1) is 0 Å². The summed E-state index contributed by atoms with van der Waals surface area (Å²) in [6.07, 6.45) is 2.86. The van der Waals surface area contributed by atoms with E-state index < -0.39 is 0 Å². The van der Waals surface area contributed by atoms with Gasteiger partial charge in [0, 0.05) is 37.6 Å². The topological polar surface area (TPSA) is 57.6 Å². The fourth-order valence-electron chi connectivity index (χ4n) is 3.74. The van der Waals surface area contributed by atoms with Crippen molar-refractivity contribution < 1.29 is 9.59 Å². The number of nitrogens with zero attached hydrogens (tertiary/aromatic N) is 3. The number of urea groups is 1. The van der Waals surface area contributed by atoms with Gasteiger partial charge in [0.15, 0.2) is 0 Å². The number of hydrogen-bond donors (Lipinski definition) is 1. The zero-order valence-electron chi connectivity index (χ0n) is 17.6. The zero-order chi connectivity index (χ0) is 21.8. The molecule has 3 amide bonds. The van der Waals surface area contributed by atoms with E-state index in [1.165, 1.54) is 0 Å². The second-order valence-electron chi connectivity index (χ2n) is 7.74. The van der Waals surface area contributed by atoms with E-state index in [1.807, 2.05) is 56.1 Å². The summed E-state index contributed by atoms with van der Waals surface area (Å²) in [4.78, 5) is 29.4. The van der Waals surface area contributed by atoms with Gasteiger partial charge in [-0.2, -0.15) is 0 Å². The largest absolute Gasteiger partial charge is 0.348 e. The van der Waals surface area contributed by atoms with Crippen LogP contribution in [-0.4, -0.2) is 52.0 Å². The van der Waals surface area contributed by atoms with Crippen LogP contribution in [0.15, 0.2) is 36.5 Å². The van der Waals surface area contributed by atoms with Crippen molar-refractivity contribution >= 4 is 35.1 Å². The Morgan fingerprint density at radius 1 is 1.20 bits per heavy atom. The van der Waals surface area contributed by atoms with Gasteiger partial charge in [0.1, 0.15) is 6.54 Å². The lowest BCUT2D eigenvalue weighted by molar-refractivity contribution is -0.134. The number of fused-ring (bicyclic) bond motifs is 1. The minimum atomic E-state index is -0.288. The third kappa shape index (κ3) is 4.76. The number of benzene rings is 1. The smallest absolute Gasteiger partial charge is 0.318 e. The zero-order valence-corrected chi connectivity index (χ0v) is 19.1. The summed E-state index contributed by atoms with van der Waals surface area (Å²) in [5.41, 5.74) is 1.91. The molecule has 0 saturated heterocycles. The number of hydrogen-bond acceptors (Lipinski definition) is 2. The van der Waals surface area contributed by atoms with Gasteiger partial charge in [-0.3, -0.25) is 4.79 Å². The predicted octanol–water partition coefficient (Wildman–Crippen LogP) is 4.56. The molecule has 8 heteroatoms. The van der Waals surface area contributed by atoms with Crippen molar-refractivity contribution in [3.63, 3.8) is 0 Å². The number of amides is 3. The molecule has 30 heavy (non-hydrogen) atoms. The van der Waals surface area contributed by atoms with E-state index in [0.717, 1.165) is 17.7 Å². The summed E-state index contributed by atoms with van der Waals surface area (Å²) in [7, 11) is 0. The maximum absolute atomic E-state index is 13.4. The average Bonchev–Trinajstić information content (AvgIpc) is 3.20. The highest BCUT2D eigenvalue weighted by molar-refractivity contribution is 6.42. The Bertz CT molecular complexity index is 912. The van der Waals surface area contributed by atoms with Gasteiger partial charge in [-0.1, -0.05) is 36.2 Å². The minimum Gasteiger partial charge on any atom is -0.348 e. The number of carbonyl (C=O) groups is 2. The van der Waals surface area contributed by atoms with Gasteiger partial charge in [-0.05, 0) is 50.1 Å². The highest BCUT2D eigenvalue weighted by Crippen LogP contribution is 2.35. The van der Waals surface area contributed by atoms with Gasteiger partial charge in [0.05, 0.1) is 16.1 Å². The van der Waals surface area contributed by atoms with Gasteiger partial charge >= 0.3 is 6.03 Å². The lowest BCUT2D eigenvalue weighted by Gasteiger charge is -2.39. The molecule has 162 valence electrons. The van der Waals surface area contributed by atoms with Crippen molar-refractivity contribution in [2.75, 3.05) is 19.6 Å². The molecule has 0 bridgehead atoms. The summed E-state index contributed by atoms with van der Waals surface area (Å²) in [6, 6.07) is 8.86. The number of halogens is 2. The van der Waals surface area contributed by atoms with E-state index in [1.54, 1.807) is 11.0 Å². The predicted molar refractivity (Wildman–Crippen MR) is 120 cm³/mol. The number of rotatable bonds is 6. The number of aromatic nitrogens is 1. The molecule has 0 radical (unpaired) electrons. The molecule has 0 spiro atoms. The molecular weight excluding hydrogens is 423 g/mol. The lowest BCUT2D eigenvalue weighted by atomic mass is 9.99. The van der Waals surface area contributed by atoms with Crippen LogP contribution < -0.4 is 5.32 Å². The van der Waals surface area contributed by atoms with Crippen LogP contribution >= 0.6 is 23.2 Å². The summed E-state index contributed by atoms with van der Waals surface area (Å²) >= 11 is 12.4. The van der Waals surface area contributed by atoms with Gasteiger partial charge in [-0.25, -0.2) is 4.79 Å². The van der Waals surface area contributed by atoms with Crippen LogP contribution in [0.2, 0.25) is 10.0 Å². The first-order valence-corrected chi connectivity index (χ1v) is 11.0. The van der Waals surface area contributed by atoms with E-state index in [0.29, 0.717) is 29.7 Å². The summed E-state index contributed by atoms with van der Waals surface area (Å²) < 4.78 is 2.14. The Balaban J connectivity index is 1.89. The molecule has 1 aliphatic rings. The molecule has 6 nitrogen and oxygen atoms in total. The third-order valence-corrected chi connectivity index (χ3v) is 6.07. The second-order valence-corrected chi connectivity index (χ2v) is 8.56. The Morgan fingerprint density at radius 2 is 1.97 bits per heavy atom. The Morgan fingerprint density at radius 3 is 2.63 bits per heavy atom. The standard InChI is InChI=1S/C22H28Cl2N4O2/c1-4-9-25-22(30)28(15(2)3)14-20(29)27-12-11-26-10-5-6-19(26)21(27)16-7-8-17(23)18(24)13-16/h5-8,10,13,15,21H,4,9,11-12,14H2,1-3H3,(H,25,30)/t21-/m1/s1. The summed E-state index contributed by atoms with van der Waals surface area (Å²) in [6.45, 7) is 7.68. The molecular formula is C22H28Cl2N4O2. The van der Waals surface area contributed by atoms with Crippen molar-refractivity contribution in [1.29, 1.82) is 0 Å². The maximum atomic E-state index is 13.4. The van der Waals surface area contributed by atoms with E-state index in [4.69, 9.17) is 23.2 Å². The minimum absolute atomic E-state index is 0.0196. The fraction of sp³-hybridized carbons (Fsp3) is 0.455. The molecule has 1 atom stereocenters. The van der Waals surface area contributed by atoms with Crippen molar-refractivity contribution in [3.8, 4) is 0 Å². The molecule has 1 aromatic heterocycles. The lowest BCUT2D eigenvalue weighted by Crippen LogP contribution is -2.52. The molecule has 0 fully saturated rings. The van der Waals surface area contributed by atoms with Crippen molar-refractivity contribution in [3.05, 3.63) is 57.8 Å². The molecule has 3 rings (SSSR count). The Hall–Kier alpha value is -2.18. The normalized spacial score (nSPS) is 15.8. The molecule has 0 aliphatic carbocycles. The molecule has 1 N–H and O–H groups in total. The Kier molecular flexibility index (Phi) is 7.32. The van der Waals surface area contributed by atoms with Crippen LogP contribution in [0.25, 0.3) is 0 Å². The van der Waals surface area contributed by atoms with E-state index in [9.17, 15) is 9.59 Å². The quantitative estimate of drug-likeness (QED) is 0.700. The fourth-order valence-corrected chi connectivity index (χ4v) is 4.05. The SMILES string of the molecule is CCCNC(=O)N(CC(=O)N1CCn2cccc2[C@H]1c1ccc(Cl)c(Cl)c1)C(C)C. The first kappa shape index (κ1) is 22.5. The second kappa shape index (κ2) is 9.75. The first-order chi connectivity index (χ1) is 14.3. The maximum Gasteiger partial charge on any atom is 0.318 e. The van der Waals surface area contributed by atoms with Crippen LogP contribution in [0.5, 0.6) is 0 Å². The third-order valence-electron chi connectivity index (χ3n) is 5.33. The summed E-state index contributed by atoms with van der Waals surface area (Å²) in [5.74, 6) is -0.0983. The van der Waals surface area contributed by atoms with Gasteiger partial charge in [-0.15, -0.1) is 0 Å². The van der Waals surface area contributed by atoms with Crippen LogP contribution in [0.1, 0.15) is 44.5 Å². The van der Waals surface area contributed by atoms with Gasteiger partial charge in [0.25, 0.3) is 0 Å².